The number of nitrogens with two attached hydrogens (primary N) is 1. The highest BCUT2D eigenvalue weighted by molar-refractivity contribution is 5.85. The number of ether oxygens (including phenoxy) is 1. The van der Waals surface area contributed by atoms with E-state index in [2.05, 4.69) is 9.97 Å². The number of fused-ring (bicyclic) bond motifs is 1. The fraction of sp³-hybridized carbons (Fsp3) is 0.333. The van der Waals surface area contributed by atoms with Crippen LogP contribution in [0.3, 0.4) is 0 Å². The molecule has 0 aromatic carbocycles. The summed E-state index contributed by atoms with van der Waals surface area (Å²) >= 11 is 0. The van der Waals surface area contributed by atoms with Gasteiger partial charge in [0.15, 0.2) is 11.4 Å². The first-order valence-electron chi connectivity index (χ1n) is 5.63. The van der Waals surface area contributed by atoms with Gasteiger partial charge in [-0.15, -0.1) is 0 Å². The van der Waals surface area contributed by atoms with Gasteiger partial charge in [-0.05, 0) is 12.5 Å². The summed E-state index contributed by atoms with van der Waals surface area (Å²) in [5.41, 5.74) is 8.67. The predicted octanol–water partition coefficient (Wildman–Crippen LogP) is 1.18. The second kappa shape index (κ2) is 4.08. The van der Waals surface area contributed by atoms with Crippen molar-refractivity contribution >= 4 is 16.9 Å². The molecule has 2 aromatic heterocycles. The first kappa shape index (κ1) is 11.2. The molecule has 2 atom stereocenters. The minimum absolute atomic E-state index is 0.0409. The first-order valence-corrected chi connectivity index (χ1v) is 5.63. The van der Waals surface area contributed by atoms with Crippen LogP contribution in [-0.2, 0) is 4.74 Å². The van der Waals surface area contributed by atoms with Gasteiger partial charge in [-0.25, -0.2) is 9.97 Å². The summed E-state index contributed by atoms with van der Waals surface area (Å²) in [6.07, 6.45) is 4.34. The van der Waals surface area contributed by atoms with Crippen molar-refractivity contribution in [2.24, 2.45) is 0 Å². The third-order valence-electron chi connectivity index (χ3n) is 3.04. The van der Waals surface area contributed by atoms with Crippen LogP contribution in [0.4, 0.5) is 5.82 Å². The Hall–Kier alpha value is -1.92. The molecule has 3 heterocycles. The van der Waals surface area contributed by atoms with Crippen LogP contribution in [-0.4, -0.2) is 27.8 Å². The third-order valence-corrected chi connectivity index (χ3v) is 3.04. The molecule has 0 saturated heterocycles. The highest BCUT2D eigenvalue weighted by Crippen LogP contribution is 2.37. The monoisotopic (exact) mass is 247 g/mol. The molecular weight excluding hydrogens is 234 g/mol. The normalized spacial score (nSPS) is 23.6. The van der Waals surface area contributed by atoms with Crippen LogP contribution in [0.5, 0.6) is 0 Å². The van der Waals surface area contributed by atoms with Gasteiger partial charge >= 0.3 is 0 Å². The molecule has 0 fully saturated rings. The number of anilines is 1. The first-order chi connectivity index (χ1) is 8.70. The van der Waals surface area contributed by atoms with Crippen LogP contribution in [0.15, 0.2) is 28.7 Å². The fourth-order valence-electron chi connectivity index (χ4n) is 2.19. The zero-order chi connectivity index (χ0) is 12.7. The second-order valence-electron chi connectivity index (χ2n) is 4.28. The van der Waals surface area contributed by atoms with Gasteiger partial charge in [-0.1, -0.05) is 6.08 Å². The van der Waals surface area contributed by atoms with E-state index < -0.39 is 0 Å². The SMILES string of the molecule is CC1=CC(CO)OC1c1coc2c(N)ncnc12. The molecule has 0 spiro atoms. The Morgan fingerprint density at radius 1 is 1.44 bits per heavy atom. The summed E-state index contributed by atoms with van der Waals surface area (Å²) in [5.74, 6) is 0.310. The third kappa shape index (κ3) is 1.58. The van der Waals surface area contributed by atoms with Crippen molar-refractivity contribution in [1.29, 1.82) is 0 Å². The van der Waals surface area contributed by atoms with Crippen LogP contribution < -0.4 is 5.73 Å². The average Bonchev–Trinajstić information content (AvgIpc) is 2.93. The second-order valence-corrected chi connectivity index (χ2v) is 4.28. The van der Waals surface area contributed by atoms with Crippen LogP contribution >= 0.6 is 0 Å². The molecule has 1 aliphatic rings. The molecule has 2 aromatic rings. The maximum absolute atomic E-state index is 9.12. The van der Waals surface area contributed by atoms with E-state index in [0.717, 1.165) is 11.1 Å². The van der Waals surface area contributed by atoms with Gasteiger partial charge in [-0.2, -0.15) is 0 Å². The number of furan rings is 1. The minimum atomic E-state index is -0.279. The average molecular weight is 247 g/mol. The van der Waals surface area contributed by atoms with Crippen molar-refractivity contribution in [2.45, 2.75) is 19.1 Å². The molecule has 6 nitrogen and oxygen atoms in total. The fourth-order valence-corrected chi connectivity index (χ4v) is 2.19. The van der Waals surface area contributed by atoms with Crippen molar-refractivity contribution in [3.8, 4) is 0 Å². The summed E-state index contributed by atoms with van der Waals surface area (Å²) in [5, 5.41) is 9.12. The number of aliphatic hydroxyl groups is 1. The standard InChI is InChI=1S/C12H13N3O3/c1-6-2-7(3-16)18-10(6)8-4-17-11-9(8)14-5-15-12(11)13/h2,4-5,7,10,16H,3H2,1H3,(H2,13,14,15). The molecule has 3 rings (SSSR count). The Bertz CT molecular complexity index is 620. The van der Waals surface area contributed by atoms with Gasteiger partial charge in [0.2, 0.25) is 0 Å². The van der Waals surface area contributed by atoms with Crippen LogP contribution in [0.2, 0.25) is 0 Å². The predicted molar refractivity (Wildman–Crippen MR) is 64.7 cm³/mol. The van der Waals surface area contributed by atoms with E-state index in [0.29, 0.717) is 16.9 Å². The number of nitrogen functional groups attached to an aromatic ring is 1. The molecule has 6 heteroatoms. The van der Waals surface area contributed by atoms with Gasteiger partial charge in [0.25, 0.3) is 0 Å². The van der Waals surface area contributed by atoms with Crippen LogP contribution in [0.1, 0.15) is 18.6 Å². The molecule has 2 unspecified atom stereocenters. The lowest BCUT2D eigenvalue weighted by atomic mass is 10.1. The summed E-state index contributed by atoms with van der Waals surface area (Å²) in [6, 6.07) is 0. The highest BCUT2D eigenvalue weighted by atomic mass is 16.5. The van der Waals surface area contributed by atoms with E-state index >= 15 is 0 Å². The number of hydrogen-bond donors (Lipinski definition) is 2. The maximum atomic E-state index is 9.12. The zero-order valence-corrected chi connectivity index (χ0v) is 9.83. The van der Waals surface area contributed by atoms with E-state index in [1.807, 2.05) is 13.0 Å². The van der Waals surface area contributed by atoms with Crippen LogP contribution in [0, 0.1) is 0 Å². The van der Waals surface area contributed by atoms with Gasteiger partial charge in [-0.3, -0.25) is 0 Å². The molecule has 1 aliphatic heterocycles. The molecule has 0 amide bonds. The lowest BCUT2D eigenvalue weighted by molar-refractivity contribution is 0.0223. The number of aromatic nitrogens is 2. The molecule has 18 heavy (non-hydrogen) atoms. The Kier molecular flexibility index (Phi) is 2.53. The molecule has 94 valence electrons. The van der Waals surface area contributed by atoms with E-state index in [1.54, 1.807) is 6.26 Å². The maximum Gasteiger partial charge on any atom is 0.194 e. The van der Waals surface area contributed by atoms with Crippen LogP contribution in [0.25, 0.3) is 11.1 Å². The van der Waals surface area contributed by atoms with E-state index in [1.165, 1.54) is 6.33 Å². The summed E-state index contributed by atoms with van der Waals surface area (Å²) in [7, 11) is 0. The van der Waals surface area contributed by atoms with Crippen molar-refractivity contribution < 1.29 is 14.3 Å². The molecule has 0 saturated carbocycles. The Morgan fingerprint density at radius 2 is 2.28 bits per heavy atom. The lowest BCUT2D eigenvalue weighted by Gasteiger charge is -2.12. The largest absolute Gasteiger partial charge is 0.458 e. The van der Waals surface area contributed by atoms with Gasteiger partial charge in [0.05, 0.1) is 12.9 Å². The quantitative estimate of drug-likeness (QED) is 0.774. The zero-order valence-electron chi connectivity index (χ0n) is 9.83. The van der Waals surface area contributed by atoms with E-state index in [9.17, 15) is 0 Å². The summed E-state index contributed by atoms with van der Waals surface area (Å²) in [4.78, 5) is 8.05. The summed E-state index contributed by atoms with van der Waals surface area (Å²) < 4.78 is 11.1. The number of aliphatic hydroxyl groups excluding tert-OH is 1. The summed E-state index contributed by atoms with van der Waals surface area (Å²) in [6.45, 7) is 1.91. The van der Waals surface area contributed by atoms with Crippen molar-refractivity contribution in [3.05, 3.63) is 29.8 Å². The van der Waals surface area contributed by atoms with Crippen molar-refractivity contribution in [1.82, 2.24) is 9.97 Å². The molecular formula is C12H13N3O3. The molecule has 0 aliphatic carbocycles. The lowest BCUT2D eigenvalue weighted by Crippen LogP contribution is -2.11. The minimum Gasteiger partial charge on any atom is -0.458 e. The molecule has 3 N–H and O–H groups in total. The smallest absolute Gasteiger partial charge is 0.194 e. The van der Waals surface area contributed by atoms with Gasteiger partial charge in [0, 0.05) is 5.56 Å². The highest BCUT2D eigenvalue weighted by Gasteiger charge is 2.29. The Morgan fingerprint density at radius 3 is 3.00 bits per heavy atom. The topological polar surface area (TPSA) is 94.4 Å². The molecule has 0 bridgehead atoms. The number of hydrogen-bond acceptors (Lipinski definition) is 6. The van der Waals surface area contributed by atoms with Crippen molar-refractivity contribution in [2.75, 3.05) is 12.3 Å². The van der Waals surface area contributed by atoms with Crippen molar-refractivity contribution in [3.63, 3.8) is 0 Å². The molecule has 0 radical (unpaired) electrons. The Balaban J connectivity index is 2.06. The van der Waals surface area contributed by atoms with E-state index in [4.69, 9.17) is 20.0 Å². The number of nitrogens with zero attached hydrogens (tertiary/aromatic N) is 2. The van der Waals surface area contributed by atoms with Gasteiger partial charge in [0.1, 0.15) is 24.1 Å². The van der Waals surface area contributed by atoms with Gasteiger partial charge < -0.3 is 20.0 Å². The van der Waals surface area contributed by atoms with E-state index in [-0.39, 0.29) is 18.8 Å². The Labute approximate surface area is 103 Å². The number of rotatable bonds is 2.